The van der Waals surface area contributed by atoms with E-state index in [1.54, 1.807) is 12.1 Å². The first kappa shape index (κ1) is 14.5. The van der Waals surface area contributed by atoms with Crippen molar-refractivity contribution in [3.05, 3.63) is 71.8 Å². The van der Waals surface area contributed by atoms with Crippen LogP contribution in [0.3, 0.4) is 0 Å². The molecule has 0 aliphatic heterocycles. The van der Waals surface area contributed by atoms with E-state index in [-0.39, 0.29) is 5.78 Å². The lowest BCUT2D eigenvalue weighted by molar-refractivity contribution is 0.0239. The molecular weight excluding hydrogens is 248 g/mol. The minimum atomic E-state index is -1.43. The molecule has 0 fully saturated rings. The molecule has 104 valence electrons. The van der Waals surface area contributed by atoms with Crippen LogP contribution < -0.4 is 0 Å². The Kier molecular flexibility index (Phi) is 4.70. The highest BCUT2D eigenvalue weighted by Gasteiger charge is 2.37. The molecule has 0 heterocycles. The van der Waals surface area contributed by atoms with E-state index in [4.69, 9.17) is 0 Å². The van der Waals surface area contributed by atoms with E-state index in [9.17, 15) is 9.90 Å². The number of unbranched alkanes of at least 4 members (excludes halogenated alkanes) is 1. The molecule has 0 aromatic heterocycles. The Morgan fingerprint density at radius 3 is 2.10 bits per heavy atom. The van der Waals surface area contributed by atoms with Crippen molar-refractivity contribution in [2.45, 2.75) is 31.8 Å². The topological polar surface area (TPSA) is 37.3 Å². The van der Waals surface area contributed by atoms with E-state index in [0.29, 0.717) is 17.5 Å². The second kappa shape index (κ2) is 6.49. The quantitative estimate of drug-likeness (QED) is 0.805. The Morgan fingerprint density at radius 1 is 1.00 bits per heavy atom. The van der Waals surface area contributed by atoms with Gasteiger partial charge in [-0.15, -0.1) is 0 Å². The Balaban J connectivity index is 2.39. The molecule has 0 radical (unpaired) electrons. The van der Waals surface area contributed by atoms with Gasteiger partial charge in [0.25, 0.3) is 0 Å². The number of aliphatic hydroxyl groups is 1. The standard InChI is InChI=1S/C18H20O2/c1-2-3-14-18(20,16-12-8-5-9-13-16)17(19)15-10-6-4-7-11-15/h4-13,20H,2-3,14H2,1H3. The van der Waals surface area contributed by atoms with Gasteiger partial charge in [-0.2, -0.15) is 0 Å². The van der Waals surface area contributed by atoms with Crippen molar-refractivity contribution in [3.8, 4) is 0 Å². The maximum atomic E-state index is 12.7. The van der Waals surface area contributed by atoms with Crippen LogP contribution in [-0.4, -0.2) is 10.9 Å². The van der Waals surface area contributed by atoms with Crippen LogP contribution >= 0.6 is 0 Å². The first-order valence-corrected chi connectivity index (χ1v) is 7.06. The summed E-state index contributed by atoms with van der Waals surface area (Å²) in [5, 5.41) is 11.0. The number of carbonyl (C=O) groups is 1. The van der Waals surface area contributed by atoms with Crippen LogP contribution in [0.2, 0.25) is 0 Å². The lowest BCUT2D eigenvalue weighted by Gasteiger charge is -2.27. The zero-order valence-electron chi connectivity index (χ0n) is 11.8. The molecule has 1 unspecified atom stereocenters. The molecule has 1 N–H and O–H groups in total. The molecule has 1 atom stereocenters. The predicted octanol–water partition coefficient (Wildman–Crippen LogP) is 3.95. The lowest BCUT2D eigenvalue weighted by Crippen LogP contribution is -2.35. The number of carbonyl (C=O) groups excluding carboxylic acids is 1. The van der Waals surface area contributed by atoms with Crippen molar-refractivity contribution < 1.29 is 9.90 Å². The Bertz CT molecular complexity index is 548. The van der Waals surface area contributed by atoms with Crippen molar-refractivity contribution in [3.63, 3.8) is 0 Å². The fourth-order valence-corrected chi connectivity index (χ4v) is 2.36. The molecule has 0 aliphatic carbocycles. The second-order valence-electron chi connectivity index (χ2n) is 5.03. The van der Waals surface area contributed by atoms with Crippen molar-refractivity contribution >= 4 is 5.78 Å². The van der Waals surface area contributed by atoms with Crippen LogP contribution in [0.4, 0.5) is 0 Å². The van der Waals surface area contributed by atoms with E-state index in [2.05, 4.69) is 6.92 Å². The smallest absolute Gasteiger partial charge is 0.198 e. The third-order valence-electron chi connectivity index (χ3n) is 3.56. The van der Waals surface area contributed by atoms with Gasteiger partial charge < -0.3 is 5.11 Å². The summed E-state index contributed by atoms with van der Waals surface area (Å²) in [4.78, 5) is 12.7. The Hall–Kier alpha value is -1.93. The van der Waals surface area contributed by atoms with E-state index in [0.717, 1.165) is 12.8 Å². The van der Waals surface area contributed by atoms with Crippen molar-refractivity contribution in [2.24, 2.45) is 0 Å². The van der Waals surface area contributed by atoms with E-state index in [1.807, 2.05) is 48.5 Å². The summed E-state index contributed by atoms with van der Waals surface area (Å²) in [6.45, 7) is 2.05. The largest absolute Gasteiger partial charge is 0.377 e. The third-order valence-corrected chi connectivity index (χ3v) is 3.56. The molecule has 0 saturated heterocycles. The minimum Gasteiger partial charge on any atom is -0.377 e. The van der Waals surface area contributed by atoms with Gasteiger partial charge in [0.15, 0.2) is 11.4 Å². The van der Waals surface area contributed by atoms with Gasteiger partial charge in [0.2, 0.25) is 0 Å². The normalized spacial score (nSPS) is 13.7. The van der Waals surface area contributed by atoms with Crippen molar-refractivity contribution in [1.82, 2.24) is 0 Å². The monoisotopic (exact) mass is 268 g/mol. The summed E-state index contributed by atoms with van der Waals surface area (Å²) in [5.74, 6) is -0.224. The first-order chi connectivity index (χ1) is 9.68. The van der Waals surface area contributed by atoms with Crippen LogP contribution in [0, 0.1) is 0 Å². The second-order valence-corrected chi connectivity index (χ2v) is 5.03. The van der Waals surface area contributed by atoms with Gasteiger partial charge in [-0.3, -0.25) is 4.79 Å². The minimum absolute atomic E-state index is 0.224. The zero-order valence-corrected chi connectivity index (χ0v) is 11.8. The highest BCUT2D eigenvalue weighted by atomic mass is 16.3. The Morgan fingerprint density at radius 2 is 1.55 bits per heavy atom. The molecule has 2 rings (SSSR count). The molecule has 0 bridgehead atoms. The fourth-order valence-electron chi connectivity index (χ4n) is 2.36. The third kappa shape index (κ3) is 2.97. The van der Waals surface area contributed by atoms with Crippen LogP contribution in [0.5, 0.6) is 0 Å². The van der Waals surface area contributed by atoms with Crippen molar-refractivity contribution in [1.29, 1.82) is 0 Å². The Labute approximate surface area is 120 Å². The number of ketones is 1. The number of hydrogen-bond acceptors (Lipinski definition) is 2. The summed E-state index contributed by atoms with van der Waals surface area (Å²) in [5.41, 5.74) is -0.212. The molecule has 2 nitrogen and oxygen atoms in total. The molecule has 0 saturated carbocycles. The van der Waals surface area contributed by atoms with Gasteiger partial charge in [0.1, 0.15) is 0 Å². The van der Waals surface area contributed by atoms with Crippen LogP contribution in [-0.2, 0) is 5.60 Å². The zero-order chi connectivity index (χ0) is 14.4. The molecule has 2 aromatic carbocycles. The summed E-state index contributed by atoms with van der Waals surface area (Å²) in [6.07, 6.45) is 2.20. The summed E-state index contributed by atoms with van der Waals surface area (Å²) in [7, 11) is 0. The summed E-state index contributed by atoms with van der Waals surface area (Å²) in [6, 6.07) is 18.2. The van der Waals surface area contributed by atoms with Gasteiger partial charge in [-0.1, -0.05) is 80.4 Å². The fraction of sp³-hybridized carbons (Fsp3) is 0.278. The average Bonchev–Trinajstić information content (AvgIpc) is 2.53. The molecule has 20 heavy (non-hydrogen) atoms. The van der Waals surface area contributed by atoms with Gasteiger partial charge in [0, 0.05) is 5.56 Å². The molecular formula is C18H20O2. The van der Waals surface area contributed by atoms with E-state index < -0.39 is 5.60 Å². The van der Waals surface area contributed by atoms with Crippen LogP contribution in [0.15, 0.2) is 60.7 Å². The number of hydrogen-bond donors (Lipinski definition) is 1. The average molecular weight is 268 g/mol. The van der Waals surface area contributed by atoms with Gasteiger partial charge in [0.05, 0.1) is 0 Å². The van der Waals surface area contributed by atoms with Crippen LogP contribution in [0.25, 0.3) is 0 Å². The maximum Gasteiger partial charge on any atom is 0.198 e. The highest BCUT2D eigenvalue weighted by Crippen LogP contribution is 2.31. The lowest BCUT2D eigenvalue weighted by atomic mass is 9.82. The predicted molar refractivity (Wildman–Crippen MR) is 80.6 cm³/mol. The van der Waals surface area contributed by atoms with Gasteiger partial charge in [-0.25, -0.2) is 0 Å². The summed E-state index contributed by atoms with van der Waals surface area (Å²) < 4.78 is 0. The van der Waals surface area contributed by atoms with E-state index in [1.165, 1.54) is 0 Å². The molecule has 0 spiro atoms. The van der Waals surface area contributed by atoms with Gasteiger partial charge in [-0.05, 0) is 12.0 Å². The summed E-state index contributed by atoms with van der Waals surface area (Å²) >= 11 is 0. The van der Waals surface area contributed by atoms with Gasteiger partial charge >= 0.3 is 0 Å². The van der Waals surface area contributed by atoms with E-state index >= 15 is 0 Å². The molecule has 2 heteroatoms. The molecule has 2 aromatic rings. The highest BCUT2D eigenvalue weighted by molar-refractivity contribution is 6.02. The maximum absolute atomic E-state index is 12.7. The number of rotatable bonds is 6. The first-order valence-electron chi connectivity index (χ1n) is 7.06. The van der Waals surface area contributed by atoms with Crippen molar-refractivity contribution in [2.75, 3.05) is 0 Å². The van der Waals surface area contributed by atoms with Crippen LogP contribution in [0.1, 0.15) is 42.1 Å². The number of Topliss-reactive ketones (excluding diaryl/α,β-unsaturated/α-hetero) is 1. The number of benzene rings is 2. The molecule has 0 amide bonds. The molecule has 0 aliphatic rings. The SMILES string of the molecule is CCCCC(O)(C(=O)c1ccccc1)c1ccccc1.